The summed E-state index contributed by atoms with van der Waals surface area (Å²) < 4.78 is 0.686. The van der Waals surface area contributed by atoms with Crippen LogP contribution in [0.1, 0.15) is 0 Å². The Bertz CT molecular complexity index is 22.8. The Kier molecular flexibility index (Phi) is 15.4. The zero-order valence-corrected chi connectivity index (χ0v) is 10.6. The van der Waals surface area contributed by atoms with Crippen molar-refractivity contribution in [3.8, 4) is 0 Å². The molecular weight excluding hydrogens is 453 g/mol. The standard InChI is InChI=1S/B2I3.V/c3-1-2(4)5;/q-1;. The van der Waals surface area contributed by atoms with Gasteiger partial charge in [0.15, 0.2) is 0 Å². The maximum atomic E-state index is 2.33. The number of rotatable bonds is 1. The molecule has 0 fully saturated rings. The number of hydrogen-bond acceptors (Lipinski definition) is 0. The van der Waals surface area contributed by atoms with E-state index in [9.17, 15) is 0 Å². The first-order valence-electron chi connectivity index (χ1n) is 0.988. The normalized spacial score (nSPS) is 7.33. The zero-order chi connectivity index (χ0) is 4.28. The van der Waals surface area contributed by atoms with Gasteiger partial charge in [0, 0.05) is 18.6 Å². The van der Waals surface area contributed by atoms with Crippen LogP contribution in [0.2, 0.25) is 0 Å². The first-order chi connectivity index (χ1) is 2.27. The summed E-state index contributed by atoms with van der Waals surface area (Å²) in [5, 5.41) is 2.11. The molecule has 0 aliphatic heterocycles. The molecule has 0 bridgehead atoms. The van der Waals surface area contributed by atoms with Gasteiger partial charge < -0.3 is 44.7 Å². The van der Waals surface area contributed by atoms with Gasteiger partial charge in [0.05, 0.1) is 0 Å². The van der Waals surface area contributed by atoms with Crippen LogP contribution < -0.4 is 0 Å². The zero-order valence-electron chi connectivity index (χ0n) is 2.74. The molecule has 0 saturated heterocycles. The van der Waals surface area contributed by atoms with Crippen LogP contribution in [0, 0.1) is 0 Å². The molecule has 0 amide bonds. The summed E-state index contributed by atoms with van der Waals surface area (Å²) in [6, 6.07) is 0. The maximum absolute atomic E-state index is 2.33. The molecule has 6 heteroatoms. The Morgan fingerprint density at radius 3 is 1.50 bits per heavy atom. The molecule has 0 saturated carbocycles. The van der Waals surface area contributed by atoms with Crippen LogP contribution in [0.25, 0.3) is 0 Å². The monoisotopic (exact) mass is 454 g/mol. The molecule has 0 N–H and O–H groups in total. The minimum atomic E-state index is 0. The van der Waals surface area contributed by atoms with Crippen molar-refractivity contribution in [2.24, 2.45) is 0 Å². The van der Waals surface area contributed by atoms with Crippen LogP contribution in [0.4, 0.5) is 0 Å². The predicted molar refractivity (Wildman–Crippen MR) is 53.6 cm³/mol. The quantitative estimate of drug-likeness (QED) is 0.421. The molecule has 0 aliphatic carbocycles. The average Bonchev–Trinajstić information content (AvgIpc) is 1.38. The van der Waals surface area contributed by atoms with Crippen LogP contribution in [0.15, 0.2) is 0 Å². The summed E-state index contributed by atoms with van der Waals surface area (Å²) in [4.78, 5) is 0. The number of halogens is 3. The molecule has 0 atom stereocenters. The molecule has 0 heterocycles. The van der Waals surface area contributed by atoms with Crippen molar-refractivity contribution >= 4 is 74.5 Å². The summed E-state index contributed by atoms with van der Waals surface area (Å²) >= 11 is 6.90. The van der Waals surface area contributed by atoms with Crippen molar-refractivity contribution in [2.45, 2.75) is 0 Å². The third-order valence-corrected chi connectivity index (χ3v) is 4.29. The van der Waals surface area contributed by atoms with Crippen molar-refractivity contribution in [2.75, 3.05) is 0 Å². The van der Waals surface area contributed by atoms with Crippen molar-refractivity contribution in [3.05, 3.63) is 0 Å². The van der Waals surface area contributed by atoms with E-state index in [1.807, 2.05) is 0 Å². The minimum Gasteiger partial charge on any atom is -0.386 e. The predicted octanol–water partition coefficient (Wildman–Crippen LogP) is 1.89. The fourth-order valence-electron chi connectivity index (χ4n) is 0. The van der Waals surface area contributed by atoms with E-state index in [1.54, 1.807) is 0 Å². The van der Waals surface area contributed by atoms with Gasteiger partial charge in [0.25, 0.3) is 0 Å². The van der Waals surface area contributed by atoms with Gasteiger partial charge in [-0.15, -0.1) is 0 Å². The molecule has 0 unspecified atom stereocenters. The van der Waals surface area contributed by atoms with Crippen molar-refractivity contribution < 1.29 is 18.6 Å². The third-order valence-electron chi connectivity index (χ3n) is 0.0952. The van der Waals surface area contributed by atoms with Crippen LogP contribution in [-0.4, -0.2) is 7.34 Å². The number of hydrogen-bond donors (Lipinski definition) is 0. The molecule has 0 nitrogen and oxygen atoms in total. The van der Waals surface area contributed by atoms with Gasteiger partial charge >= 0.3 is 0 Å². The van der Waals surface area contributed by atoms with Crippen LogP contribution in [-0.2, 0) is 18.6 Å². The van der Waals surface area contributed by atoms with Gasteiger partial charge in [0.1, 0.15) is 0 Å². The Morgan fingerprint density at radius 2 is 1.50 bits per heavy atom. The third kappa shape index (κ3) is 10.0. The van der Waals surface area contributed by atoms with Crippen LogP contribution in [0.5, 0.6) is 0 Å². The second-order valence-corrected chi connectivity index (χ2v) is 6.25. The van der Waals surface area contributed by atoms with E-state index in [2.05, 4.69) is 72.1 Å². The molecule has 3 radical (unpaired) electrons. The van der Waals surface area contributed by atoms with Gasteiger partial charge in [-0.1, -0.05) is 0 Å². The summed E-state index contributed by atoms with van der Waals surface area (Å²) in [7, 11) is 0. The first-order valence-corrected chi connectivity index (χ1v) is 4.72. The summed E-state index contributed by atoms with van der Waals surface area (Å²) in [5.41, 5.74) is 0. The fraction of sp³-hybridized carbons (Fsp3) is 0. The molecule has 0 spiro atoms. The minimum absolute atomic E-state index is 0. The largest absolute Gasteiger partial charge is 0.386 e. The van der Waals surface area contributed by atoms with Crippen molar-refractivity contribution in [1.29, 1.82) is 0 Å². The van der Waals surface area contributed by atoms with Crippen molar-refractivity contribution in [1.82, 2.24) is 0 Å². The molecule has 33 valence electrons. The molecule has 6 heavy (non-hydrogen) atoms. The second kappa shape index (κ2) is 7.90. The Balaban J connectivity index is 0. The van der Waals surface area contributed by atoms with Gasteiger partial charge in [0.2, 0.25) is 0 Å². The van der Waals surface area contributed by atoms with E-state index < -0.39 is 0 Å². The van der Waals surface area contributed by atoms with Gasteiger partial charge in [-0.2, -0.15) is 0 Å². The van der Waals surface area contributed by atoms with Gasteiger partial charge in [-0.05, 0) is 7.34 Å². The Labute approximate surface area is 91.2 Å². The topological polar surface area (TPSA) is 0 Å². The summed E-state index contributed by atoms with van der Waals surface area (Å²) in [5.74, 6) is 0. The van der Waals surface area contributed by atoms with E-state index >= 15 is 0 Å². The maximum Gasteiger partial charge on any atom is 0 e. The Morgan fingerprint density at radius 1 is 1.33 bits per heavy atom. The van der Waals surface area contributed by atoms with Crippen LogP contribution in [0.3, 0.4) is 0 Å². The summed E-state index contributed by atoms with van der Waals surface area (Å²) in [6.45, 7) is 0. The SMILES string of the molecule is I[B][B-](I)I.[V]. The van der Waals surface area contributed by atoms with Crippen molar-refractivity contribution in [3.63, 3.8) is 0 Å². The average molecular weight is 453 g/mol. The molecule has 0 aromatic rings. The molecule has 0 aromatic heterocycles. The molecule has 0 aliphatic rings. The second-order valence-electron chi connectivity index (χ2n) is 0.460. The molecule has 0 rings (SSSR count). The molecule has 0 aromatic carbocycles. The Hall–Kier alpha value is 2.90. The molecular formula is B2I3V-. The summed E-state index contributed by atoms with van der Waals surface area (Å²) in [6.07, 6.45) is 0. The van der Waals surface area contributed by atoms with E-state index in [4.69, 9.17) is 0 Å². The first kappa shape index (κ1) is 11.7. The van der Waals surface area contributed by atoms with E-state index in [1.165, 1.54) is 0 Å². The fourth-order valence-corrected chi connectivity index (χ4v) is 0. The van der Waals surface area contributed by atoms with E-state index in [0.717, 1.165) is 0 Å². The van der Waals surface area contributed by atoms with E-state index in [0.29, 0.717) is 2.32 Å². The van der Waals surface area contributed by atoms with Gasteiger partial charge in [-0.3, -0.25) is 0 Å². The van der Waals surface area contributed by atoms with Gasteiger partial charge in [-0.25, -0.2) is 22.4 Å². The van der Waals surface area contributed by atoms with Crippen LogP contribution >= 0.6 is 67.1 Å². The van der Waals surface area contributed by atoms with E-state index in [-0.39, 0.29) is 18.6 Å². The smallest absolute Gasteiger partial charge is 0 e.